The number of nitrogens with zero attached hydrogens (tertiary/aromatic N) is 2. The Morgan fingerprint density at radius 2 is 1.67 bits per heavy atom. The fourth-order valence-electron chi connectivity index (χ4n) is 3.47. The Morgan fingerprint density at radius 3 is 2.36 bits per heavy atom. The van der Waals surface area contributed by atoms with E-state index in [1.807, 2.05) is 65.5 Å². The number of amides is 1. The zero-order valence-electron chi connectivity index (χ0n) is 17.7. The molecule has 168 valence electrons. The molecule has 0 spiro atoms. The topological polar surface area (TPSA) is 81.1 Å². The van der Waals surface area contributed by atoms with Crippen molar-refractivity contribution in [2.45, 2.75) is 18.0 Å². The average molecular weight is 480 g/mol. The highest BCUT2D eigenvalue weighted by atomic mass is 35.5. The van der Waals surface area contributed by atoms with Crippen molar-refractivity contribution >= 4 is 27.3 Å². The van der Waals surface area contributed by atoms with Crippen molar-refractivity contribution in [2.75, 3.05) is 5.75 Å². The van der Waals surface area contributed by atoms with Crippen LogP contribution in [0.1, 0.15) is 11.1 Å². The highest BCUT2D eigenvalue weighted by Gasteiger charge is 2.19. The molecule has 0 fully saturated rings. The molecule has 4 rings (SSSR count). The summed E-state index contributed by atoms with van der Waals surface area (Å²) in [6, 6.07) is 23.5. The van der Waals surface area contributed by atoms with E-state index in [-0.39, 0.29) is 11.4 Å². The van der Waals surface area contributed by atoms with Crippen LogP contribution < -0.4 is 5.32 Å². The predicted molar refractivity (Wildman–Crippen MR) is 129 cm³/mol. The molecule has 3 aromatic carbocycles. The van der Waals surface area contributed by atoms with Crippen LogP contribution in [-0.4, -0.2) is 29.9 Å². The molecule has 1 heterocycles. The van der Waals surface area contributed by atoms with E-state index >= 15 is 0 Å². The number of aromatic nitrogens is 2. The molecule has 0 unspecified atom stereocenters. The van der Waals surface area contributed by atoms with E-state index in [2.05, 4.69) is 10.4 Å². The molecule has 0 bridgehead atoms. The minimum absolute atomic E-state index is 0.0673. The van der Waals surface area contributed by atoms with E-state index in [9.17, 15) is 13.2 Å². The van der Waals surface area contributed by atoms with Crippen molar-refractivity contribution in [2.24, 2.45) is 0 Å². The van der Waals surface area contributed by atoms with Gasteiger partial charge in [-0.25, -0.2) is 8.42 Å². The van der Waals surface area contributed by atoms with Gasteiger partial charge in [-0.15, -0.1) is 0 Å². The smallest absolute Gasteiger partial charge is 0.235 e. The van der Waals surface area contributed by atoms with Crippen LogP contribution in [-0.2, 0) is 27.7 Å². The minimum Gasteiger partial charge on any atom is -0.351 e. The lowest BCUT2D eigenvalue weighted by molar-refractivity contribution is -0.118. The zero-order chi connectivity index (χ0) is 23.3. The molecule has 0 aliphatic rings. The standard InChI is InChI=1S/C25H22ClN3O3S/c26-22-10-12-23(13-11-22)33(31,32)18-25(30)27-16-21-4-1-2-5-24(21)20-8-6-19(7-9-20)17-29-15-3-14-28-29/h1-15H,16-18H2,(H,27,30). The SMILES string of the molecule is O=C(CS(=O)(=O)c1ccc(Cl)cc1)NCc1ccccc1-c1ccc(Cn2cccn2)cc1. The molecule has 0 aliphatic heterocycles. The largest absolute Gasteiger partial charge is 0.351 e. The van der Waals surface area contributed by atoms with Crippen LogP contribution in [0.2, 0.25) is 5.02 Å². The Bertz CT molecular complexity index is 1330. The third-order valence-corrected chi connectivity index (χ3v) is 7.04. The number of rotatable bonds is 8. The normalized spacial score (nSPS) is 11.3. The van der Waals surface area contributed by atoms with Gasteiger partial charge < -0.3 is 5.32 Å². The number of nitrogens with one attached hydrogen (secondary N) is 1. The van der Waals surface area contributed by atoms with Gasteiger partial charge in [0.1, 0.15) is 5.75 Å². The average Bonchev–Trinajstić information content (AvgIpc) is 3.32. The first-order valence-corrected chi connectivity index (χ1v) is 12.3. The Balaban J connectivity index is 1.42. The summed E-state index contributed by atoms with van der Waals surface area (Å²) in [6.07, 6.45) is 3.67. The van der Waals surface area contributed by atoms with Gasteiger partial charge in [0.15, 0.2) is 9.84 Å². The first kappa shape index (κ1) is 22.8. The summed E-state index contributed by atoms with van der Waals surface area (Å²) < 4.78 is 26.8. The summed E-state index contributed by atoms with van der Waals surface area (Å²) in [6.45, 7) is 0.910. The van der Waals surface area contributed by atoms with Crippen molar-refractivity contribution in [1.82, 2.24) is 15.1 Å². The number of halogens is 1. The van der Waals surface area contributed by atoms with E-state index in [0.29, 0.717) is 11.6 Å². The van der Waals surface area contributed by atoms with Gasteiger partial charge in [0.2, 0.25) is 5.91 Å². The molecule has 0 atom stereocenters. The summed E-state index contributed by atoms with van der Waals surface area (Å²) in [5.41, 5.74) is 4.01. The van der Waals surface area contributed by atoms with Gasteiger partial charge in [-0.3, -0.25) is 9.48 Å². The van der Waals surface area contributed by atoms with Crippen LogP contribution in [0.5, 0.6) is 0 Å². The third kappa shape index (κ3) is 5.88. The zero-order valence-corrected chi connectivity index (χ0v) is 19.3. The van der Waals surface area contributed by atoms with E-state index in [1.54, 1.807) is 6.20 Å². The molecule has 8 heteroatoms. The van der Waals surface area contributed by atoms with Gasteiger partial charge >= 0.3 is 0 Å². The van der Waals surface area contributed by atoms with Crippen molar-refractivity contribution < 1.29 is 13.2 Å². The van der Waals surface area contributed by atoms with Crippen molar-refractivity contribution in [3.05, 3.63) is 107 Å². The fraction of sp³-hybridized carbons (Fsp3) is 0.120. The fourth-order valence-corrected chi connectivity index (χ4v) is 4.76. The first-order valence-electron chi connectivity index (χ1n) is 10.3. The van der Waals surface area contributed by atoms with E-state index in [1.165, 1.54) is 24.3 Å². The molecule has 0 aliphatic carbocycles. The number of carbonyl (C=O) groups is 1. The van der Waals surface area contributed by atoms with E-state index < -0.39 is 21.5 Å². The summed E-state index contributed by atoms with van der Waals surface area (Å²) >= 11 is 5.81. The molecule has 6 nitrogen and oxygen atoms in total. The molecule has 0 radical (unpaired) electrons. The van der Waals surface area contributed by atoms with Crippen LogP contribution >= 0.6 is 11.6 Å². The van der Waals surface area contributed by atoms with Crippen LogP contribution in [0.15, 0.2) is 96.2 Å². The van der Waals surface area contributed by atoms with Crippen molar-refractivity contribution in [3.63, 3.8) is 0 Å². The molecule has 1 amide bonds. The molecule has 1 aromatic heterocycles. The highest BCUT2D eigenvalue weighted by Crippen LogP contribution is 2.24. The summed E-state index contributed by atoms with van der Waals surface area (Å²) in [7, 11) is -3.75. The molecular weight excluding hydrogens is 458 g/mol. The molecule has 1 N–H and O–H groups in total. The molecule has 4 aromatic rings. The Kier molecular flexibility index (Phi) is 6.91. The van der Waals surface area contributed by atoms with Crippen LogP contribution in [0.25, 0.3) is 11.1 Å². The maximum atomic E-state index is 12.5. The summed E-state index contributed by atoms with van der Waals surface area (Å²) in [5.74, 6) is -1.19. The molecular formula is C25H22ClN3O3S. The Morgan fingerprint density at radius 1 is 0.939 bits per heavy atom. The number of hydrogen-bond donors (Lipinski definition) is 1. The lowest BCUT2D eigenvalue weighted by Crippen LogP contribution is -2.30. The van der Waals surface area contributed by atoms with Crippen molar-refractivity contribution in [3.8, 4) is 11.1 Å². The highest BCUT2D eigenvalue weighted by molar-refractivity contribution is 7.92. The number of hydrogen-bond acceptors (Lipinski definition) is 4. The van der Waals surface area contributed by atoms with E-state index in [0.717, 1.165) is 22.3 Å². The second kappa shape index (κ2) is 10.0. The van der Waals surface area contributed by atoms with Crippen LogP contribution in [0.3, 0.4) is 0 Å². The van der Waals surface area contributed by atoms with Gasteiger partial charge in [0.25, 0.3) is 0 Å². The minimum atomic E-state index is -3.75. The number of carbonyl (C=O) groups excluding carboxylic acids is 1. The Labute approximate surface area is 197 Å². The van der Waals surface area contributed by atoms with Gasteiger partial charge in [-0.1, -0.05) is 60.1 Å². The number of sulfone groups is 1. The lowest BCUT2D eigenvalue weighted by Gasteiger charge is -2.12. The van der Waals surface area contributed by atoms with Crippen LogP contribution in [0.4, 0.5) is 0 Å². The van der Waals surface area contributed by atoms with Crippen LogP contribution in [0, 0.1) is 0 Å². The molecule has 0 saturated heterocycles. The maximum Gasteiger partial charge on any atom is 0.235 e. The molecule has 0 saturated carbocycles. The maximum absolute atomic E-state index is 12.5. The van der Waals surface area contributed by atoms with Crippen molar-refractivity contribution in [1.29, 1.82) is 0 Å². The van der Waals surface area contributed by atoms with E-state index in [4.69, 9.17) is 11.6 Å². The monoisotopic (exact) mass is 479 g/mol. The quantitative estimate of drug-likeness (QED) is 0.407. The molecule has 33 heavy (non-hydrogen) atoms. The second-order valence-electron chi connectivity index (χ2n) is 7.55. The van der Waals surface area contributed by atoms with Gasteiger partial charge in [0.05, 0.1) is 11.4 Å². The summed E-state index contributed by atoms with van der Waals surface area (Å²) in [5, 5.41) is 7.39. The van der Waals surface area contributed by atoms with Gasteiger partial charge in [-0.05, 0) is 52.6 Å². The predicted octanol–water partition coefficient (Wildman–Crippen LogP) is 4.34. The third-order valence-electron chi connectivity index (χ3n) is 5.16. The second-order valence-corrected chi connectivity index (χ2v) is 9.97. The first-order chi connectivity index (χ1) is 15.9. The lowest BCUT2D eigenvalue weighted by atomic mass is 9.98. The number of benzene rings is 3. The Hall–Kier alpha value is -3.42. The summed E-state index contributed by atoms with van der Waals surface area (Å²) in [4.78, 5) is 12.5. The van der Waals surface area contributed by atoms with Gasteiger partial charge in [-0.2, -0.15) is 5.10 Å². The van der Waals surface area contributed by atoms with Gasteiger partial charge in [0, 0.05) is 24.0 Å².